The van der Waals surface area contributed by atoms with Crippen molar-refractivity contribution in [1.82, 2.24) is 14.5 Å². The minimum absolute atomic E-state index is 0.0157. The summed E-state index contributed by atoms with van der Waals surface area (Å²) in [7, 11) is 0. The number of carbonyl (C=O) groups excluding carboxylic acids is 2. The molecule has 2 amide bonds. The molecule has 3 heterocycles. The van der Waals surface area contributed by atoms with Crippen LogP contribution < -0.4 is 5.32 Å². The minimum Gasteiger partial charge on any atom is -0.444 e. The molecule has 0 atom stereocenters. The summed E-state index contributed by atoms with van der Waals surface area (Å²) in [6.45, 7) is 7.92. The number of hydrogen-bond acceptors (Lipinski definition) is 4. The van der Waals surface area contributed by atoms with E-state index in [4.69, 9.17) is 9.72 Å². The molecule has 172 valence electrons. The van der Waals surface area contributed by atoms with Crippen molar-refractivity contribution in [3.05, 3.63) is 36.3 Å². The average molecular weight is 439 g/mol. The number of aromatic nitrogens is 2. The number of piperidine rings is 1. The second-order valence-electron chi connectivity index (χ2n) is 9.94. The van der Waals surface area contributed by atoms with Gasteiger partial charge in [-0.25, -0.2) is 9.78 Å². The lowest BCUT2D eigenvalue weighted by Gasteiger charge is -2.33. The Balaban J connectivity index is 1.29. The molecule has 1 N–H and O–H groups in total. The van der Waals surface area contributed by atoms with Gasteiger partial charge in [-0.05, 0) is 64.5 Å². The topological polar surface area (TPSA) is 76.5 Å². The predicted octanol–water partition coefficient (Wildman–Crippen LogP) is 4.86. The Morgan fingerprint density at radius 3 is 2.66 bits per heavy atom. The van der Waals surface area contributed by atoms with Crippen LogP contribution >= 0.6 is 0 Å². The third-order valence-corrected chi connectivity index (χ3v) is 6.09. The van der Waals surface area contributed by atoms with Crippen molar-refractivity contribution in [3.8, 4) is 11.3 Å². The van der Waals surface area contributed by atoms with Crippen molar-refractivity contribution in [3.63, 3.8) is 0 Å². The Morgan fingerprint density at radius 2 is 1.94 bits per heavy atom. The Bertz CT molecular complexity index is 944. The molecule has 2 aliphatic rings. The number of aryl methyl sites for hydroxylation is 2. The zero-order valence-corrected chi connectivity index (χ0v) is 19.4. The van der Waals surface area contributed by atoms with E-state index in [2.05, 4.69) is 16.1 Å². The molecule has 0 saturated carbocycles. The van der Waals surface area contributed by atoms with Crippen molar-refractivity contribution >= 4 is 17.7 Å². The maximum atomic E-state index is 12.7. The minimum atomic E-state index is -0.488. The molecule has 1 aromatic carbocycles. The van der Waals surface area contributed by atoms with Crippen molar-refractivity contribution in [2.24, 2.45) is 5.92 Å². The molecule has 0 radical (unpaired) electrons. The fourth-order valence-corrected chi connectivity index (χ4v) is 4.43. The van der Waals surface area contributed by atoms with E-state index in [0.717, 1.165) is 48.6 Å². The van der Waals surface area contributed by atoms with Crippen LogP contribution in [0.3, 0.4) is 0 Å². The van der Waals surface area contributed by atoms with Gasteiger partial charge in [0.05, 0.1) is 5.69 Å². The first-order valence-electron chi connectivity index (χ1n) is 11.7. The maximum Gasteiger partial charge on any atom is 0.410 e. The number of fused-ring (bicyclic) bond motifs is 1. The lowest BCUT2D eigenvalue weighted by molar-refractivity contribution is -0.117. The number of rotatable bonds is 4. The molecule has 0 aliphatic carbocycles. The van der Waals surface area contributed by atoms with Crippen LogP contribution in [0.1, 0.15) is 58.7 Å². The number of hydrogen-bond donors (Lipinski definition) is 1. The van der Waals surface area contributed by atoms with Gasteiger partial charge in [-0.15, -0.1) is 0 Å². The smallest absolute Gasteiger partial charge is 0.410 e. The van der Waals surface area contributed by atoms with Crippen LogP contribution in [0.5, 0.6) is 0 Å². The number of nitrogens with zero attached hydrogens (tertiary/aromatic N) is 3. The zero-order valence-electron chi connectivity index (χ0n) is 19.4. The van der Waals surface area contributed by atoms with Crippen LogP contribution in [0.25, 0.3) is 11.3 Å². The van der Waals surface area contributed by atoms with Gasteiger partial charge in [-0.2, -0.15) is 0 Å². The van der Waals surface area contributed by atoms with Crippen molar-refractivity contribution < 1.29 is 14.3 Å². The number of imidazole rings is 1. The largest absolute Gasteiger partial charge is 0.444 e. The van der Waals surface area contributed by atoms with Crippen molar-refractivity contribution in [1.29, 1.82) is 0 Å². The molecule has 0 spiro atoms. The average Bonchev–Trinajstić information content (AvgIpc) is 3.17. The van der Waals surface area contributed by atoms with Crippen LogP contribution in [-0.4, -0.2) is 45.1 Å². The van der Waals surface area contributed by atoms with E-state index in [9.17, 15) is 9.59 Å². The van der Waals surface area contributed by atoms with Crippen LogP contribution in [0, 0.1) is 5.92 Å². The molecular formula is C25H34N4O3. The molecule has 1 fully saturated rings. The van der Waals surface area contributed by atoms with Crippen LogP contribution in [0.15, 0.2) is 30.5 Å². The molecule has 1 aromatic heterocycles. The summed E-state index contributed by atoms with van der Waals surface area (Å²) < 4.78 is 7.69. The predicted molar refractivity (Wildman–Crippen MR) is 124 cm³/mol. The number of nitrogens with one attached hydrogen (secondary N) is 1. The van der Waals surface area contributed by atoms with E-state index in [1.807, 2.05) is 45.0 Å². The highest BCUT2D eigenvalue weighted by Crippen LogP contribution is 2.26. The van der Waals surface area contributed by atoms with Gasteiger partial charge in [-0.3, -0.25) is 4.79 Å². The quantitative estimate of drug-likeness (QED) is 0.739. The normalized spacial score (nSPS) is 17.0. The van der Waals surface area contributed by atoms with Gasteiger partial charge in [0, 0.05) is 49.9 Å². The highest BCUT2D eigenvalue weighted by Gasteiger charge is 2.27. The zero-order chi connectivity index (χ0) is 22.7. The second kappa shape index (κ2) is 9.35. The lowest BCUT2D eigenvalue weighted by Crippen LogP contribution is -2.42. The fraction of sp³-hybridized carbons (Fsp3) is 0.560. The third kappa shape index (κ3) is 5.69. The van der Waals surface area contributed by atoms with E-state index in [0.29, 0.717) is 19.5 Å². The van der Waals surface area contributed by atoms with Gasteiger partial charge in [-0.1, -0.05) is 12.1 Å². The lowest BCUT2D eigenvalue weighted by atomic mass is 9.93. The molecule has 2 aromatic rings. The number of carbonyl (C=O) groups is 2. The van der Waals surface area contributed by atoms with Crippen LogP contribution in [0.4, 0.5) is 10.5 Å². The van der Waals surface area contributed by atoms with Gasteiger partial charge in [0.2, 0.25) is 5.91 Å². The fourth-order valence-electron chi connectivity index (χ4n) is 4.43. The van der Waals surface area contributed by atoms with Crippen LogP contribution in [0.2, 0.25) is 0 Å². The van der Waals surface area contributed by atoms with E-state index < -0.39 is 5.60 Å². The Hall–Kier alpha value is -2.83. The SMILES string of the molecule is CC(C)(C)OC(=O)N1CCC(CC(=O)Nc2cccc(-c3cn4c(n3)CCCC4)c2)CC1. The van der Waals surface area contributed by atoms with Gasteiger partial charge in [0.1, 0.15) is 11.4 Å². The third-order valence-electron chi connectivity index (χ3n) is 6.09. The van der Waals surface area contributed by atoms with Crippen LogP contribution in [-0.2, 0) is 22.5 Å². The first-order chi connectivity index (χ1) is 15.3. The molecule has 1 saturated heterocycles. The molecule has 32 heavy (non-hydrogen) atoms. The standard InChI is InChI=1S/C25H34N4O3/c1-25(2,3)32-24(31)28-13-10-18(11-14-28)15-23(30)26-20-8-6-7-19(16-20)21-17-29-12-5-4-9-22(29)27-21/h6-8,16-18H,4-5,9-15H2,1-3H3,(H,26,30). The Morgan fingerprint density at radius 1 is 1.16 bits per heavy atom. The van der Waals surface area contributed by atoms with E-state index >= 15 is 0 Å². The molecule has 4 rings (SSSR count). The first kappa shape index (κ1) is 22.4. The Kier molecular flexibility index (Phi) is 6.53. The number of anilines is 1. The first-order valence-corrected chi connectivity index (χ1v) is 11.7. The molecule has 2 aliphatic heterocycles. The summed E-state index contributed by atoms with van der Waals surface area (Å²) in [5, 5.41) is 3.05. The van der Waals surface area contributed by atoms with Gasteiger partial charge < -0.3 is 19.5 Å². The van der Waals surface area contributed by atoms with E-state index in [1.54, 1.807) is 4.90 Å². The highest BCUT2D eigenvalue weighted by atomic mass is 16.6. The second-order valence-corrected chi connectivity index (χ2v) is 9.94. The van der Waals surface area contributed by atoms with Gasteiger partial charge >= 0.3 is 6.09 Å². The molecule has 0 bridgehead atoms. The molecule has 7 heteroatoms. The Labute approximate surface area is 190 Å². The molecular weight excluding hydrogens is 404 g/mol. The molecule has 0 unspecified atom stereocenters. The number of amides is 2. The summed E-state index contributed by atoms with van der Waals surface area (Å²) in [4.78, 5) is 31.4. The van der Waals surface area contributed by atoms with E-state index in [-0.39, 0.29) is 17.9 Å². The molecule has 7 nitrogen and oxygen atoms in total. The summed E-state index contributed by atoms with van der Waals surface area (Å²) >= 11 is 0. The summed E-state index contributed by atoms with van der Waals surface area (Å²) in [6, 6.07) is 7.92. The van der Waals surface area contributed by atoms with Gasteiger partial charge in [0.15, 0.2) is 0 Å². The highest BCUT2D eigenvalue weighted by molar-refractivity contribution is 5.91. The summed E-state index contributed by atoms with van der Waals surface area (Å²) in [5.41, 5.74) is 2.30. The van der Waals surface area contributed by atoms with E-state index in [1.165, 1.54) is 12.8 Å². The monoisotopic (exact) mass is 438 g/mol. The van der Waals surface area contributed by atoms with Crippen molar-refractivity contribution in [2.75, 3.05) is 18.4 Å². The number of benzene rings is 1. The number of ether oxygens (including phenoxy) is 1. The maximum absolute atomic E-state index is 12.7. The summed E-state index contributed by atoms with van der Waals surface area (Å²) in [5.74, 6) is 1.44. The number of likely N-dealkylation sites (tertiary alicyclic amines) is 1. The van der Waals surface area contributed by atoms with Crippen molar-refractivity contribution in [2.45, 2.75) is 71.4 Å². The summed E-state index contributed by atoms with van der Waals surface area (Å²) in [6.07, 6.45) is 7.37. The van der Waals surface area contributed by atoms with Gasteiger partial charge in [0.25, 0.3) is 0 Å².